The second kappa shape index (κ2) is 10.6. The van der Waals surface area contributed by atoms with Gasteiger partial charge >= 0.3 is 0 Å². The third kappa shape index (κ3) is 6.47. The molecule has 0 saturated heterocycles. The molecule has 0 bridgehead atoms. The molecule has 7 heteroatoms. The molecule has 2 amide bonds. The Kier molecular flexibility index (Phi) is 7.65. The molecule has 0 saturated carbocycles. The molecule has 0 fully saturated rings. The minimum absolute atomic E-state index is 0.0847. The van der Waals surface area contributed by atoms with Crippen molar-refractivity contribution in [1.82, 2.24) is 15.5 Å². The van der Waals surface area contributed by atoms with E-state index in [1.165, 1.54) is 0 Å². The van der Waals surface area contributed by atoms with Crippen LogP contribution in [0.1, 0.15) is 27.2 Å². The van der Waals surface area contributed by atoms with E-state index in [1.807, 2.05) is 41.3 Å². The Morgan fingerprint density at radius 3 is 2.30 bits per heavy atom. The van der Waals surface area contributed by atoms with Gasteiger partial charge in [0, 0.05) is 30.7 Å². The molecule has 0 aliphatic rings. The van der Waals surface area contributed by atoms with Gasteiger partial charge in [-0.15, -0.1) is 0 Å². The summed E-state index contributed by atoms with van der Waals surface area (Å²) in [5.74, 6) is 0.566. The largest absolute Gasteiger partial charge is 0.468 e. The third-order valence-electron chi connectivity index (χ3n) is 4.58. The zero-order valence-electron chi connectivity index (χ0n) is 16.7. The number of hydrogen-bond acceptors (Lipinski definition) is 4. The summed E-state index contributed by atoms with van der Waals surface area (Å²) >= 11 is 5.90. The van der Waals surface area contributed by atoms with Crippen molar-refractivity contribution in [2.24, 2.45) is 0 Å². The number of nitrogens with one attached hydrogen (secondary N) is 2. The van der Waals surface area contributed by atoms with Gasteiger partial charge in [-0.1, -0.05) is 35.9 Å². The Morgan fingerprint density at radius 2 is 1.67 bits per heavy atom. The van der Waals surface area contributed by atoms with Crippen molar-refractivity contribution >= 4 is 23.4 Å². The summed E-state index contributed by atoms with van der Waals surface area (Å²) < 4.78 is 5.45. The van der Waals surface area contributed by atoms with Gasteiger partial charge < -0.3 is 15.1 Å². The van der Waals surface area contributed by atoms with Crippen LogP contribution in [0.4, 0.5) is 0 Å². The standard InChI is InChI=1S/C23H24ClN3O3/c1-25-23(29)19-8-4-18(5-9-19)14-27(15-21-3-2-12-30-21)16-22(28)26-13-17-6-10-20(24)11-7-17/h2-12H,13-16H2,1H3,(H,25,29)(H,26,28). The molecule has 0 aliphatic heterocycles. The van der Waals surface area contributed by atoms with Crippen molar-refractivity contribution in [3.05, 3.63) is 94.4 Å². The molecular formula is C23H24ClN3O3. The van der Waals surface area contributed by atoms with Crippen molar-refractivity contribution in [2.45, 2.75) is 19.6 Å². The SMILES string of the molecule is CNC(=O)c1ccc(CN(CC(=O)NCc2ccc(Cl)cc2)Cc2ccco2)cc1. The van der Waals surface area contributed by atoms with Gasteiger partial charge in [-0.25, -0.2) is 0 Å². The van der Waals surface area contributed by atoms with Crippen LogP contribution >= 0.6 is 11.6 Å². The van der Waals surface area contributed by atoms with Crippen LogP contribution in [-0.4, -0.2) is 30.3 Å². The van der Waals surface area contributed by atoms with Crippen molar-refractivity contribution in [2.75, 3.05) is 13.6 Å². The summed E-state index contributed by atoms with van der Waals surface area (Å²) in [6.07, 6.45) is 1.62. The van der Waals surface area contributed by atoms with Gasteiger partial charge in [-0.3, -0.25) is 14.5 Å². The minimum Gasteiger partial charge on any atom is -0.468 e. The molecule has 0 spiro atoms. The summed E-state index contributed by atoms with van der Waals surface area (Å²) in [4.78, 5) is 26.2. The molecule has 3 rings (SSSR count). The zero-order chi connectivity index (χ0) is 21.3. The number of carbonyl (C=O) groups excluding carboxylic acids is 2. The lowest BCUT2D eigenvalue weighted by Crippen LogP contribution is -2.36. The van der Waals surface area contributed by atoms with Gasteiger partial charge in [0.25, 0.3) is 5.91 Å². The van der Waals surface area contributed by atoms with Crippen LogP contribution in [0.2, 0.25) is 5.02 Å². The number of hydrogen-bond donors (Lipinski definition) is 2. The Balaban J connectivity index is 1.62. The van der Waals surface area contributed by atoms with Gasteiger partial charge in [0.15, 0.2) is 0 Å². The fourth-order valence-corrected chi connectivity index (χ4v) is 3.14. The van der Waals surface area contributed by atoms with E-state index in [2.05, 4.69) is 10.6 Å². The Labute approximate surface area is 180 Å². The van der Waals surface area contributed by atoms with Crippen molar-refractivity contribution in [3.8, 4) is 0 Å². The molecule has 30 heavy (non-hydrogen) atoms. The predicted molar refractivity (Wildman–Crippen MR) is 116 cm³/mol. The number of nitrogens with zero attached hydrogens (tertiary/aromatic N) is 1. The van der Waals surface area contributed by atoms with Gasteiger partial charge in [-0.05, 0) is 47.5 Å². The summed E-state index contributed by atoms with van der Waals surface area (Å²) in [6.45, 7) is 1.69. The van der Waals surface area contributed by atoms with Gasteiger partial charge in [0.1, 0.15) is 5.76 Å². The fourth-order valence-electron chi connectivity index (χ4n) is 3.02. The topological polar surface area (TPSA) is 74.6 Å². The second-order valence-electron chi connectivity index (χ2n) is 6.90. The molecular weight excluding hydrogens is 402 g/mol. The monoisotopic (exact) mass is 425 g/mol. The number of carbonyl (C=O) groups is 2. The molecule has 2 N–H and O–H groups in total. The molecule has 1 aromatic heterocycles. The summed E-state index contributed by atoms with van der Waals surface area (Å²) in [5, 5.41) is 6.21. The van der Waals surface area contributed by atoms with E-state index in [1.54, 1.807) is 37.6 Å². The predicted octanol–water partition coefficient (Wildman–Crippen LogP) is 3.61. The van der Waals surface area contributed by atoms with E-state index in [0.29, 0.717) is 30.2 Å². The number of benzene rings is 2. The summed E-state index contributed by atoms with van der Waals surface area (Å²) in [7, 11) is 1.60. The normalized spacial score (nSPS) is 10.8. The van der Waals surface area contributed by atoms with E-state index < -0.39 is 0 Å². The molecule has 6 nitrogen and oxygen atoms in total. The molecule has 0 aliphatic carbocycles. The first-order valence-corrected chi connectivity index (χ1v) is 9.98. The molecule has 2 aromatic carbocycles. The molecule has 0 radical (unpaired) electrons. The van der Waals surface area contributed by atoms with Crippen LogP contribution in [0, 0.1) is 0 Å². The first-order valence-electron chi connectivity index (χ1n) is 9.60. The highest BCUT2D eigenvalue weighted by atomic mass is 35.5. The van der Waals surface area contributed by atoms with Crippen LogP contribution in [0.3, 0.4) is 0 Å². The van der Waals surface area contributed by atoms with Gasteiger partial charge in [-0.2, -0.15) is 0 Å². The van der Waals surface area contributed by atoms with E-state index in [-0.39, 0.29) is 18.4 Å². The van der Waals surface area contributed by atoms with Crippen LogP contribution in [0.25, 0.3) is 0 Å². The lowest BCUT2D eigenvalue weighted by molar-refractivity contribution is -0.122. The number of rotatable bonds is 9. The number of furan rings is 1. The molecule has 156 valence electrons. The maximum absolute atomic E-state index is 12.5. The molecule has 0 atom stereocenters. The number of amides is 2. The number of halogens is 1. The minimum atomic E-state index is -0.129. The molecule has 0 unspecified atom stereocenters. The van der Waals surface area contributed by atoms with Crippen LogP contribution in [0.5, 0.6) is 0 Å². The summed E-state index contributed by atoms with van der Waals surface area (Å²) in [5.41, 5.74) is 2.58. The third-order valence-corrected chi connectivity index (χ3v) is 4.83. The van der Waals surface area contributed by atoms with Crippen LogP contribution in [0.15, 0.2) is 71.3 Å². The van der Waals surface area contributed by atoms with Gasteiger partial charge in [0.05, 0.1) is 19.4 Å². The fraction of sp³-hybridized carbons (Fsp3) is 0.217. The zero-order valence-corrected chi connectivity index (χ0v) is 17.5. The highest BCUT2D eigenvalue weighted by Gasteiger charge is 2.14. The van der Waals surface area contributed by atoms with Crippen molar-refractivity contribution in [3.63, 3.8) is 0 Å². The Bertz CT molecular complexity index is 954. The average molecular weight is 426 g/mol. The van der Waals surface area contributed by atoms with E-state index >= 15 is 0 Å². The van der Waals surface area contributed by atoms with Crippen molar-refractivity contribution < 1.29 is 14.0 Å². The quantitative estimate of drug-likeness (QED) is 0.549. The first kappa shape index (κ1) is 21.6. The lowest BCUT2D eigenvalue weighted by Gasteiger charge is -2.21. The molecule has 3 aromatic rings. The average Bonchev–Trinajstić information content (AvgIpc) is 3.26. The maximum atomic E-state index is 12.5. The second-order valence-corrected chi connectivity index (χ2v) is 7.34. The lowest BCUT2D eigenvalue weighted by atomic mass is 10.1. The highest BCUT2D eigenvalue weighted by molar-refractivity contribution is 6.30. The van der Waals surface area contributed by atoms with Crippen LogP contribution in [-0.2, 0) is 24.4 Å². The van der Waals surface area contributed by atoms with E-state index in [9.17, 15) is 9.59 Å². The van der Waals surface area contributed by atoms with Crippen LogP contribution < -0.4 is 10.6 Å². The summed E-state index contributed by atoms with van der Waals surface area (Å²) in [6, 6.07) is 18.4. The first-order chi connectivity index (χ1) is 14.5. The maximum Gasteiger partial charge on any atom is 0.251 e. The Hall–Kier alpha value is -3.09. The van der Waals surface area contributed by atoms with Gasteiger partial charge in [0.2, 0.25) is 5.91 Å². The highest BCUT2D eigenvalue weighted by Crippen LogP contribution is 2.12. The van der Waals surface area contributed by atoms with E-state index in [0.717, 1.165) is 16.9 Å². The molecule has 1 heterocycles. The smallest absolute Gasteiger partial charge is 0.251 e. The van der Waals surface area contributed by atoms with Crippen molar-refractivity contribution in [1.29, 1.82) is 0 Å². The Morgan fingerprint density at radius 1 is 0.967 bits per heavy atom. The van der Waals surface area contributed by atoms with E-state index in [4.69, 9.17) is 16.0 Å².